The monoisotopic (exact) mass is 398 g/mol. The molecule has 3 heterocycles. The molecule has 0 bridgehead atoms. The minimum absolute atomic E-state index is 0.0378. The largest absolute Gasteiger partial charge is 0.411 e. The van der Waals surface area contributed by atoms with Crippen molar-refractivity contribution in [3.63, 3.8) is 0 Å². The molecule has 8 nitrogen and oxygen atoms in total. The number of pyridine rings is 1. The lowest BCUT2D eigenvalue weighted by Crippen LogP contribution is -2.18. The highest BCUT2D eigenvalue weighted by atomic mass is 32.2. The van der Waals surface area contributed by atoms with Crippen molar-refractivity contribution in [2.24, 2.45) is 0 Å². The first kappa shape index (κ1) is 18.7. The van der Waals surface area contributed by atoms with Crippen molar-refractivity contribution in [3.8, 4) is 11.5 Å². The topological polar surface area (TPSA) is 98.7 Å². The Hall–Kier alpha value is -2.68. The van der Waals surface area contributed by atoms with E-state index in [1.807, 2.05) is 29.9 Å². The van der Waals surface area contributed by atoms with Gasteiger partial charge in [-0.2, -0.15) is 5.10 Å². The molecule has 1 amide bonds. The lowest BCUT2D eigenvalue weighted by Gasteiger charge is -2.15. The van der Waals surface area contributed by atoms with Crippen LogP contribution in [-0.2, 0) is 4.79 Å². The minimum Gasteiger partial charge on any atom is -0.411 e. The highest BCUT2D eigenvalue weighted by molar-refractivity contribution is 7.99. The number of aromatic nitrogens is 5. The van der Waals surface area contributed by atoms with Gasteiger partial charge in [-0.15, -0.1) is 10.2 Å². The first-order chi connectivity index (χ1) is 13.7. The molecule has 4 rings (SSSR count). The molecule has 0 atom stereocenters. The van der Waals surface area contributed by atoms with Gasteiger partial charge in [0.15, 0.2) is 0 Å². The molecule has 1 fully saturated rings. The molecule has 0 aromatic carbocycles. The summed E-state index contributed by atoms with van der Waals surface area (Å²) in [5, 5.41) is 16.0. The van der Waals surface area contributed by atoms with Crippen molar-refractivity contribution in [3.05, 3.63) is 36.3 Å². The summed E-state index contributed by atoms with van der Waals surface area (Å²) in [6.07, 6.45) is 10.2. The molecule has 0 unspecified atom stereocenters. The van der Waals surface area contributed by atoms with E-state index in [4.69, 9.17) is 4.42 Å². The van der Waals surface area contributed by atoms with Gasteiger partial charge in [-0.25, -0.2) is 4.68 Å². The van der Waals surface area contributed by atoms with E-state index in [-0.39, 0.29) is 5.91 Å². The van der Waals surface area contributed by atoms with E-state index < -0.39 is 0 Å². The number of thioether (sulfide) groups is 1. The van der Waals surface area contributed by atoms with Crippen molar-refractivity contribution in [1.29, 1.82) is 0 Å². The number of hydrogen-bond acceptors (Lipinski definition) is 7. The van der Waals surface area contributed by atoms with Crippen LogP contribution in [0.4, 0.5) is 5.82 Å². The van der Waals surface area contributed by atoms with Gasteiger partial charge in [-0.05, 0) is 31.9 Å². The van der Waals surface area contributed by atoms with Crippen molar-refractivity contribution >= 4 is 23.5 Å². The maximum absolute atomic E-state index is 12.4. The molecular weight excluding hydrogens is 376 g/mol. The summed E-state index contributed by atoms with van der Waals surface area (Å²) in [6, 6.07) is 4.01. The molecule has 28 heavy (non-hydrogen) atoms. The predicted octanol–water partition coefficient (Wildman–Crippen LogP) is 3.87. The van der Waals surface area contributed by atoms with Crippen LogP contribution in [-0.4, -0.2) is 36.6 Å². The Kier molecular flexibility index (Phi) is 5.70. The van der Waals surface area contributed by atoms with Gasteiger partial charge in [0.05, 0.1) is 12.2 Å². The summed E-state index contributed by atoms with van der Waals surface area (Å²) in [7, 11) is 0. The van der Waals surface area contributed by atoms with Gasteiger partial charge < -0.3 is 9.73 Å². The lowest BCUT2D eigenvalue weighted by molar-refractivity contribution is -0.115. The zero-order chi connectivity index (χ0) is 19.3. The normalized spacial score (nSPS) is 14.5. The number of anilines is 1. The molecule has 0 aliphatic heterocycles. The molecule has 1 aliphatic rings. The summed E-state index contributed by atoms with van der Waals surface area (Å²) in [5.74, 6) is 1.79. The molecule has 0 spiro atoms. The van der Waals surface area contributed by atoms with Crippen LogP contribution < -0.4 is 5.32 Å². The van der Waals surface area contributed by atoms with Gasteiger partial charge in [0.25, 0.3) is 5.22 Å². The van der Waals surface area contributed by atoms with Crippen molar-refractivity contribution in [2.45, 2.75) is 50.3 Å². The van der Waals surface area contributed by atoms with Crippen LogP contribution in [0.15, 0.2) is 40.4 Å². The number of amides is 1. The van der Waals surface area contributed by atoms with Crippen LogP contribution in [0.3, 0.4) is 0 Å². The second kappa shape index (κ2) is 8.55. The van der Waals surface area contributed by atoms with Gasteiger partial charge in [-0.3, -0.25) is 9.78 Å². The van der Waals surface area contributed by atoms with E-state index in [1.54, 1.807) is 12.4 Å². The fourth-order valence-corrected chi connectivity index (χ4v) is 4.03. The van der Waals surface area contributed by atoms with Crippen LogP contribution in [0.1, 0.15) is 43.7 Å². The molecule has 1 N–H and O–H groups in total. The van der Waals surface area contributed by atoms with E-state index in [0.29, 0.717) is 29.3 Å². The molecule has 1 saturated carbocycles. The SMILES string of the molecule is Cc1cnn(C2CCCC2)c1NC(=O)CCSc1nnc(-c2ccncc2)o1. The quantitative estimate of drug-likeness (QED) is 0.603. The van der Waals surface area contributed by atoms with E-state index in [1.165, 1.54) is 24.6 Å². The Morgan fingerprint density at radius 2 is 2.07 bits per heavy atom. The molecule has 3 aromatic heterocycles. The van der Waals surface area contributed by atoms with Gasteiger partial charge in [-0.1, -0.05) is 24.6 Å². The molecule has 0 saturated heterocycles. The van der Waals surface area contributed by atoms with Crippen molar-refractivity contribution in [1.82, 2.24) is 25.0 Å². The highest BCUT2D eigenvalue weighted by Gasteiger charge is 2.22. The smallest absolute Gasteiger partial charge is 0.276 e. The fraction of sp³-hybridized carbons (Fsp3) is 0.421. The summed E-state index contributed by atoms with van der Waals surface area (Å²) in [6.45, 7) is 1.97. The third kappa shape index (κ3) is 4.24. The minimum atomic E-state index is -0.0378. The Bertz CT molecular complexity index is 933. The Morgan fingerprint density at radius 1 is 1.29 bits per heavy atom. The second-order valence-corrected chi connectivity index (χ2v) is 7.86. The van der Waals surface area contributed by atoms with Gasteiger partial charge in [0.1, 0.15) is 5.82 Å². The first-order valence-corrected chi connectivity index (χ1v) is 10.4. The Balaban J connectivity index is 1.30. The average Bonchev–Trinajstić information content (AvgIpc) is 3.45. The van der Waals surface area contributed by atoms with E-state index in [0.717, 1.165) is 29.8 Å². The Morgan fingerprint density at radius 3 is 2.86 bits per heavy atom. The third-order valence-electron chi connectivity index (χ3n) is 4.80. The molecule has 0 radical (unpaired) electrons. The summed E-state index contributed by atoms with van der Waals surface area (Å²) in [4.78, 5) is 16.4. The summed E-state index contributed by atoms with van der Waals surface area (Å²) < 4.78 is 7.61. The molecule has 1 aliphatic carbocycles. The highest BCUT2D eigenvalue weighted by Crippen LogP contribution is 2.32. The van der Waals surface area contributed by atoms with Crippen LogP contribution in [0.2, 0.25) is 0 Å². The maximum Gasteiger partial charge on any atom is 0.276 e. The maximum atomic E-state index is 12.4. The predicted molar refractivity (Wildman–Crippen MR) is 106 cm³/mol. The number of carbonyl (C=O) groups is 1. The van der Waals surface area contributed by atoms with E-state index in [9.17, 15) is 4.79 Å². The van der Waals surface area contributed by atoms with Crippen LogP contribution >= 0.6 is 11.8 Å². The number of hydrogen-bond donors (Lipinski definition) is 1. The lowest BCUT2D eigenvalue weighted by atomic mass is 10.2. The molecular formula is C19H22N6O2S. The number of aryl methyl sites for hydroxylation is 1. The molecule has 146 valence electrons. The Labute approximate surface area is 167 Å². The number of rotatable bonds is 7. The van der Waals surface area contributed by atoms with Gasteiger partial charge in [0, 0.05) is 35.7 Å². The zero-order valence-electron chi connectivity index (χ0n) is 15.7. The average molecular weight is 398 g/mol. The number of nitrogens with one attached hydrogen (secondary N) is 1. The van der Waals surface area contributed by atoms with Crippen LogP contribution in [0.25, 0.3) is 11.5 Å². The number of carbonyl (C=O) groups excluding carboxylic acids is 1. The zero-order valence-corrected chi connectivity index (χ0v) is 16.5. The van der Waals surface area contributed by atoms with Crippen molar-refractivity contribution in [2.75, 3.05) is 11.1 Å². The number of nitrogens with zero attached hydrogens (tertiary/aromatic N) is 5. The summed E-state index contributed by atoms with van der Waals surface area (Å²) in [5.41, 5.74) is 1.81. The van der Waals surface area contributed by atoms with E-state index >= 15 is 0 Å². The third-order valence-corrected chi connectivity index (χ3v) is 5.62. The second-order valence-electron chi connectivity index (χ2n) is 6.81. The fourth-order valence-electron chi connectivity index (χ4n) is 3.33. The standard InChI is InChI=1S/C19H22N6O2S/c1-13-12-21-25(15-4-2-3-5-15)17(13)22-16(26)8-11-28-19-24-23-18(27-19)14-6-9-20-10-7-14/h6-7,9-10,12,15H,2-5,8,11H2,1H3,(H,22,26). The van der Waals surface area contributed by atoms with Crippen molar-refractivity contribution < 1.29 is 9.21 Å². The van der Waals surface area contributed by atoms with Gasteiger partial charge in [0.2, 0.25) is 11.8 Å². The summed E-state index contributed by atoms with van der Waals surface area (Å²) >= 11 is 1.37. The van der Waals surface area contributed by atoms with Crippen LogP contribution in [0.5, 0.6) is 0 Å². The first-order valence-electron chi connectivity index (χ1n) is 9.41. The molecule has 3 aromatic rings. The molecule has 9 heteroatoms. The van der Waals surface area contributed by atoms with Crippen LogP contribution in [0, 0.1) is 6.92 Å². The van der Waals surface area contributed by atoms with Gasteiger partial charge >= 0.3 is 0 Å². The van der Waals surface area contributed by atoms with E-state index in [2.05, 4.69) is 25.6 Å².